The van der Waals surface area contributed by atoms with Crippen molar-refractivity contribution in [3.8, 4) is 11.3 Å². The summed E-state index contributed by atoms with van der Waals surface area (Å²) in [6.07, 6.45) is 8.54. The van der Waals surface area contributed by atoms with Crippen molar-refractivity contribution in [3.05, 3.63) is 54.0 Å². The van der Waals surface area contributed by atoms with Crippen LogP contribution in [0.2, 0.25) is 0 Å². The Kier molecular flexibility index (Phi) is 3.97. The third kappa shape index (κ3) is 2.83. The average Bonchev–Trinajstić information content (AvgIpc) is 2.95. The van der Waals surface area contributed by atoms with Crippen LogP contribution < -0.4 is 5.32 Å². The van der Waals surface area contributed by atoms with Gasteiger partial charge in [-0.3, -0.25) is 0 Å². The van der Waals surface area contributed by atoms with Crippen LogP contribution in [0.5, 0.6) is 0 Å². The molecule has 104 valence electrons. The number of aromatic nitrogens is 2. The lowest BCUT2D eigenvalue weighted by atomic mass is 10.0. The van der Waals surface area contributed by atoms with Crippen LogP contribution in [0.1, 0.15) is 18.4 Å². The van der Waals surface area contributed by atoms with E-state index in [2.05, 4.69) is 52.1 Å². The van der Waals surface area contributed by atoms with E-state index < -0.39 is 0 Å². The third-order valence-corrected chi connectivity index (χ3v) is 3.97. The van der Waals surface area contributed by atoms with Crippen molar-refractivity contribution in [1.82, 2.24) is 14.9 Å². The molecule has 2 aromatic rings. The Labute approximate surface area is 120 Å². The van der Waals surface area contributed by atoms with Crippen LogP contribution in [0.3, 0.4) is 0 Å². The smallest absolute Gasteiger partial charge is 0.0951 e. The van der Waals surface area contributed by atoms with E-state index in [4.69, 9.17) is 0 Å². The molecule has 0 spiro atoms. The Hall–Kier alpha value is -1.87. The van der Waals surface area contributed by atoms with Gasteiger partial charge in [0.15, 0.2) is 0 Å². The lowest BCUT2D eigenvalue weighted by molar-refractivity contribution is 0.632. The average molecular weight is 267 g/mol. The fourth-order valence-electron chi connectivity index (χ4n) is 2.74. The van der Waals surface area contributed by atoms with E-state index in [1.54, 1.807) is 5.57 Å². The zero-order chi connectivity index (χ0) is 13.8. The van der Waals surface area contributed by atoms with Crippen molar-refractivity contribution in [2.24, 2.45) is 0 Å². The van der Waals surface area contributed by atoms with Crippen LogP contribution >= 0.6 is 0 Å². The number of imidazole rings is 1. The first-order valence-corrected chi connectivity index (χ1v) is 7.29. The Balaban J connectivity index is 1.77. The van der Waals surface area contributed by atoms with Crippen LogP contribution in [0, 0.1) is 6.92 Å². The van der Waals surface area contributed by atoms with Crippen molar-refractivity contribution in [3.63, 3.8) is 0 Å². The monoisotopic (exact) mass is 267 g/mol. The molecule has 0 saturated heterocycles. The molecule has 0 amide bonds. The number of aryl methyl sites for hydroxylation is 2. The molecule has 0 unspecified atom stereocenters. The van der Waals surface area contributed by atoms with Gasteiger partial charge in [-0.05, 0) is 31.9 Å². The molecule has 0 bridgehead atoms. The van der Waals surface area contributed by atoms with Crippen molar-refractivity contribution in [1.29, 1.82) is 0 Å². The van der Waals surface area contributed by atoms with Crippen LogP contribution in [0.4, 0.5) is 0 Å². The molecule has 20 heavy (non-hydrogen) atoms. The number of hydrogen-bond donors (Lipinski definition) is 1. The molecule has 0 atom stereocenters. The Morgan fingerprint density at radius 3 is 3.00 bits per heavy atom. The summed E-state index contributed by atoms with van der Waals surface area (Å²) in [4.78, 5) is 4.33. The quantitative estimate of drug-likeness (QED) is 0.862. The molecule has 1 aliphatic rings. The van der Waals surface area contributed by atoms with Crippen LogP contribution in [-0.4, -0.2) is 22.6 Å². The molecular weight excluding hydrogens is 246 g/mol. The first-order valence-electron chi connectivity index (χ1n) is 7.29. The maximum Gasteiger partial charge on any atom is 0.0951 e. The lowest BCUT2D eigenvalue weighted by Crippen LogP contribution is -2.21. The zero-order valence-electron chi connectivity index (χ0n) is 12.0. The van der Waals surface area contributed by atoms with Crippen LogP contribution in [0.15, 0.2) is 48.4 Å². The minimum Gasteiger partial charge on any atom is -0.330 e. The molecule has 1 aromatic heterocycles. The number of hydrogen-bond acceptors (Lipinski definition) is 2. The Morgan fingerprint density at radius 2 is 2.20 bits per heavy atom. The molecule has 3 heteroatoms. The summed E-state index contributed by atoms with van der Waals surface area (Å²) in [5.74, 6) is 0. The Morgan fingerprint density at radius 1 is 1.30 bits per heavy atom. The van der Waals surface area contributed by atoms with Crippen molar-refractivity contribution >= 4 is 0 Å². The first-order chi connectivity index (χ1) is 9.84. The highest BCUT2D eigenvalue weighted by atomic mass is 15.0. The molecule has 3 nitrogen and oxygen atoms in total. The number of benzene rings is 1. The van der Waals surface area contributed by atoms with E-state index in [1.807, 2.05) is 12.5 Å². The van der Waals surface area contributed by atoms with Gasteiger partial charge < -0.3 is 9.88 Å². The second-order valence-electron chi connectivity index (χ2n) is 5.35. The maximum atomic E-state index is 4.33. The van der Waals surface area contributed by atoms with Gasteiger partial charge in [0.25, 0.3) is 0 Å². The van der Waals surface area contributed by atoms with Crippen LogP contribution in [0.25, 0.3) is 11.3 Å². The first kappa shape index (κ1) is 13.1. The van der Waals surface area contributed by atoms with Gasteiger partial charge in [-0.15, -0.1) is 0 Å². The topological polar surface area (TPSA) is 29.9 Å². The summed E-state index contributed by atoms with van der Waals surface area (Å²) in [6, 6.07) is 8.50. The van der Waals surface area contributed by atoms with E-state index in [-0.39, 0.29) is 0 Å². The molecule has 0 saturated carbocycles. The lowest BCUT2D eigenvalue weighted by Gasteiger charge is -2.15. The van der Waals surface area contributed by atoms with Crippen molar-refractivity contribution < 1.29 is 0 Å². The summed E-state index contributed by atoms with van der Waals surface area (Å²) in [7, 11) is 0. The molecule has 1 aromatic carbocycles. The largest absolute Gasteiger partial charge is 0.330 e. The molecule has 3 rings (SSSR count). The highest BCUT2D eigenvalue weighted by Crippen LogP contribution is 2.23. The van der Waals surface area contributed by atoms with E-state index in [0.29, 0.717) is 0 Å². The summed E-state index contributed by atoms with van der Waals surface area (Å²) in [5, 5.41) is 3.36. The predicted octanol–water partition coefficient (Wildman–Crippen LogP) is 3.17. The summed E-state index contributed by atoms with van der Waals surface area (Å²) >= 11 is 0. The zero-order valence-corrected chi connectivity index (χ0v) is 12.0. The van der Waals surface area contributed by atoms with E-state index in [0.717, 1.165) is 26.1 Å². The predicted molar refractivity (Wildman–Crippen MR) is 82.6 cm³/mol. The summed E-state index contributed by atoms with van der Waals surface area (Å²) < 4.78 is 2.27. The van der Waals surface area contributed by atoms with Gasteiger partial charge in [-0.1, -0.05) is 35.9 Å². The maximum absolute atomic E-state index is 4.33. The number of nitrogens with one attached hydrogen (secondary N) is 1. The second-order valence-corrected chi connectivity index (χ2v) is 5.35. The standard InChI is InChI=1S/C17H21N3/c1-14-4-2-3-5-16(14)17-12-19-13-20(17)11-8-15-6-9-18-10-7-15/h2-6,12-13,18H,7-11H2,1H3. The molecule has 2 heterocycles. The van der Waals surface area contributed by atoms with Crippen molar-refractivity contribution in [2.75, 3.05) is 13.1 Å². The SMILES string of the molecule is Cc1ccccc1-c1cncn1CCC1=CCNCC1. The highest BCUT2D eigenvalue weighted by Gasteiger charge is 2.09. The van der Waals surface area contributed by atoms with Gasteiger partial charge in [0.05, 0.1) is 18.2 Å². The summed E-state index contributed by atoms with van der Waals surface area (Å²) in [6.45, 7) is 5.29. The second kappa shape index (κ2) is 6.06. The van der Waals surface area contributed by atoms with E-state index in [1.165, 1.54) is 23.2 Å². The molecule has 0 fully saturated rings. The minimum absolute atomic E-state index is 1.01. The van der Waals surface area contributed by atoms with Crippen molar-refractivity contribution in [2.45, 2.75) is 26.3 Å². The highest BCUT2D eigenvalue weighted by molar-refractivity contribution is 5.63. The molecule has 0 aliphatic carbocycles. The van der Waals surface area contributed by atoms with Crippen LogP contribution in [-0.2, 0) is 6.54 Å². The van der Waals surface area contributed by atoms with Gasteiger partial charge >= 0.3 is 0 Å². The van der Waals surface area contributed by atoms with Gasteiger partial charge in [-0.2, -0.15) is 0 Å². The fraction of sp³-hybridized carbons (Fsp3) is 0.353. The fourth-order valence-corrected chi connectivity index (χ4v) is 2.74. The van der Waals surface area contributed by atoms with Gasteiger partial charge in [0, 0.05) is 18.7 Å². The Bertz CT molecular complexity index is 610. The third-order valence-electron chi connectivity index (χ3n) is 3.97. The van der Waals surface area contributed by atoms with Gasteiger partial charge in [0.2, 0.25) is 0 Å². The molecule has 1 N–H and O–H groups in total. The number of rotatable bonds is 4. The van der Waals surface area contributed by atoms with Gasteiger partial charge in [0.1, 0.15) is 0 Å². The minimum atomic E-state index is 1.01. The van der Waals surface area contributed by atoms with E-state index in [9.17, 15) is 0 Å². The van der Waals surface area contributed by atoms with E-state index >= 15 is 0 Å². The van der Waals surface area contributed by atoms with Gasteiger partial charge in [-0.25, -0.2) is 4.98 Å². The number of nitrogens with zero attached hydrogens (tertiary/aromatic N) is 2. The molecule has 1 aliphatic heterocycles. The molecule has 0 radical (unpaired) electrons. The summed E-state index contributed by atoms with van der Waals surface area (Å²) in [5.41, 5.74) is 5.37. The molecular formula is C17H21N3. The normalized spacial score (nSPS) is 15.2.